The summed E-state index contributed by atoms with van der Waals surface area (Å²) in [4.78, 5) is 4.08. The van der Waals surface area contributed by atoms with E-state index in [0.717, 1.165) is 11.3 Å². The van der Waals surface area contributed by atoms with Gasteiger partial charge in [-0.2, -0.15) is 0 Å². The molecular weight excluding hydrogens is 128 g/mol. The molecule has 2 heterocycles. The highest BCUT2D eigenvalue weighted by Crippen LogP contribution is 1.99. The number of fused-ring (bicyclic) bond motifs is 1. The third kappa shape index (κ3) is 0.586. The normalized spacial score (nSPS) is 10.5. The second-order valence-corrected chi connectivity index (χ2v) is 2.06. The van der Waals surface area contributed by atoms with Crippen LogP contribution in [0.15, 0.2) is 18.5 Å². The predicted octanol–water partition coefficient (Wildman–Crippen LogP) is 0.433. The minimum Gasteiger partial charge on any atom is -0.235 e. The average Bonchev–Trinajstić information content (AvgIpc) is 2.34. The number of aryl methyl sites for hydroxylation is 1. The van der Waals surface area contributed by atoms with Crippen LogP contribution in [-0.2, 0) is 0 Å². The second-order valence-electron chi connectivity index (χ2n) is 2.06. The quantitative estimate of drug-likeness (QED) is 0.524. The topological polar surface area (TPSA) is 43.1 Å². The van der Waals surface area contributed by atoms with Crippen molar-refractivity contribution < 1.29 is 0 Å². The largest absolute Gasteiger partial charge is 0.235 e. The van der Waals surface area contributed by atoms with Crippen LogP contribution in [0.1, 0.15) is 5.69 Å². The zero-order chi connectivity index (χ0) is 6.97. The lowest BCUT2D eigenvalue weighted by Gasteiger charge is -1.86. The zero-order valence-electron chi connectivity index (χ0n) is 5.52. The van der Waals surface area contributed by atoms with E-state index in [1.165, 1.54) is 0 Å². The van der Waals surface area contributed by atoms with Gasteiger partial charge in [0.2, 0.25) is 0 Å². The Balaban J connectivity index is 2.93. The van der Waals surface area contributed by atoms with Gasteiger partial charge >= 0.3 is 0 Å². The van der Waals surface area contributed by atoms with Gasteiger partial charge in [0.15, 0.2) is 5.65 Å². The van der Waals surface area contributed by atoms with Crippen molar-refractivity contribution in [1.29, 1.82) is 0 Å². The van der Waals surface area contributed by atoms with Crippen LogP contribution in [0, 0.1) is 6.92 Å². The van der Waals surface area contributed by atoms with E-state index in [0.29, 0.717) is 0 Å². The summed E-state index contributed by atoms with van der Waals surface area (Å²) in [6, 6.07) is 1.82. The van der Waals surface area contributed by atoms with Crippen molar-refractivity contribution in [3.63, 3.8) is 0 Å². The van der Waals surface area contributed by atoms with Gasteiger partial charge in [-0.3, -0.25) is 0 Å². The fourth-order valence-electron chi connectivity index (χ4n) is 0.855. The van der Waals surface area contributed by atoms with E-state index in [1.54, 1.807) is 10.7 Å². The Morgan fingerprint density at radius 2 is 2.40 bits per heavy atom. The summed E-state index contributed by atoms with van der Waals surface area (Å²) >= 11 is 0. The maximum atomic E-state index is 4.08. The van der Waals surface area contributed by atoms with Crippen LogP contribution in [0.4, 0.5) is 0 Å². The fraction of sp³-hybridized carbons (Fsp3) is 0.167. The van der Waals surface area contributed by atoms with Gasteiger partial charge in [0, 0.05) is 12.4 Å². The van der Waals surface area contributed by atoms with Crippen molar-refractivity contribution in [2.24, 2.45) is 0 Å². The van der Waals surface area contributed by atoms with E-state index in [2.05, 4.69) is 15.3 Å². The number of aromatic nitrogens is 4. The highest BCUT2D eigenvalue weighted by Gasteiger charge is 1.97. The molecule has 0 N–H and O–H groups in total. The molecule has 0 unspecified atom stereocenters. The molecular formula is C6H6N4. The van der Waals surface area contributed by atoms with Gasteiger partial charge in [-0.15, -0.1) is 5.10 Å². The first-order chi connectivity index (χ1) is 4.88. The van der Waals surface area contributed by atoms with Gasteiger partial charge in [0.05, 0.1) is 0 Å². The summed E-state index contributed by atoms with van der Waals surface area (Å²) in [5.41, 5.74) is 1.68. The summed E-state index contributed by atoms with van der Waals surface area (Å²) in [5.74, 6) is 0. The van der Waals surface area contributed by atoms with Crippen molar-refractivity contribution in [3.8, 4) is 0 Å². The monoisotopic (exact) mass is 134 g/mol. The van der Waals surface area contributed by atoms with Gasteiger partial charge in [-0.25, -0.2) is 9.50 Å². The van der Waals surface area contributed by atoms with Gasteiger partial charge in [-0.05, 0) is 13.0 Å². The summed E-state index contributed by atoms with van der Waals surface area (Å²) in [7, 11) is 0. The molecule has 0 amide bonds. The fourth-order valence-corrected chi connectivity index (χ4v) is 0.855. The first-order valence-electron chi connectivity index (χ1n) is 3.00. The van der Waals surface area contributed by atoms with Gasteiger partial charge < -0.3 is 0 Å². The lowest BCUT2D eigenvalue weighted by molar-refractivity contribution is 0.842. The van der Waals surface area contributed by atoms with E-state index in [4.69, 9.17) is 0 Å². The first kappa shape index (κ1) is 5.34. The van der Waals surface area contributed by atoms with Crippen LogP contribution in [0.2, 0.25) is 0 Å². The van der Waals surface area contributed by atoms with E-state index < -0.39 is 0 Å². The molecule has 2 aromatic rings. The zero-order valence-corrected chi connectivity index (χ0v) is 5.52. The Bertz CT molecular complexity index is 351. The summed E-state index contributed by atoms with van der Waals surface area (Å²) in [6.07, 6.45) is 3.55. The van der Waals surface area contributed by atoms with Crippen molar-refractivity contribution >= 4 is 5.65 Å². The molecule has 0 fully saturated rings. The Morgan fingerprint density at radius 1 is 1.50 bits per heavy atom. The van der Waals surface area contributed by atoms with Crippen molar-refractivity contribution in [2.75, 3.05) is 0 Å². The van der Waals surface area contributed by atoms with Crippen LogP contribution in [-0.4, -0.2) is 19.8 Å². The van der Waals surface area contributed by atoms with Crippen molar-refractivity contribution in [3.05, 3.63) is 24.2 Å². The minimum absolute atomic E-state index is 0.822. The molecule has 0 atom stereocenters. The highest BCUT2D eigenvalue weighted by atomic mass is 15.4. The molecule has 0 aliphatic heterocycles. The number of hydrogen-bond acceptors (Lipinski definition) is 3. The maximum Gasteiger partial charge on any atom is 0.178 e. The molecule has 0 bridgehead atoms. The van der Waals surface area contributed by atoms with Gasteiger partial charge in [-0.1, -0.05) is 5.21 Å². The van der Waals surface area contributed by atoms with E-state index in [1.807, 2.05) is 19.2 Å². The minimum atomic E-state index is 0.822. The maximum absolute atomic E-state index is 4.08. The van der Waals surface area contributed by atoms with Crippen LogP contribution >= 0.6 is 0 Å². The van der Waals surface area contributed by atoms with Crippen LogP contribution in [0.25, 0.3) is 5.65 Å². The lowest BCUT2D eigenvalue weighted by atomic mass is 10.5. The number of nitrogens with zero attached hydrogens (tertiary/aromatic N) is 4. The Kier molecular flexibility index (Phi) is 0.943. The van der Waals surface area contributed by atoms with Crippen LogP contribution in [0.3, 0.4) is 0 Å². The molecule has 10 heavy (non-hydrogen) atoms. The molecule has 0 saturated carbocycles. The van der Waals surface area contributed by atoms with Gasteiger partial charge in [0.25, 0.3) is 0 Å². The smallest absolute Gasteiger partial charge is 0.178 e. The molecule has 4 nitrogen and oxygen atoms in total. The van der Waals surface area contributed by atoms with Crippen molar-refractivity contribution in [2.45, 2.75) is 6.92 Å². The summed E-state index contributed by atoms with van der Waals surface area (Å²) < 4.78 is 1.65. The molecule has 0 aliphatic carbocycles. The Labute approximate surface area is 57.5 Å². The van der Waals surface area contributed by atoms with Crippen LogP contribution in [0.5, 0.6) is 0 Å². The molecule has 0 aliphatic rings. The lowest BCUT2D eigenvalue weighted by Crippen LogP contribution is -1.86. The second kappa shape index (κ2) is 1.76. The molecule has 0 radical (unpaired) electrons. The molecule has 2 rings (SSSR count). The first-order valence-corrected chi connectivity index (χ1v) is 3.00. The predicted molar refractivity (Wildman–Crippen MR) is 35.5 cm³/mol. The standard InChI is InChI=1S/C6H6N4/c1-5-6-7-3-2-4-10(6)9-8-5/h2-4H,1H3. The third-order valence-electron chi connectivity index (χ3n) is 1.34. The Hall–Kier alpha value is -1.45. The molecule has 4 heteroatoms. The molecule has 0 saturated heterocycles. The number of hydrogen-bond donors (Lipinski definition) is 0. The molecule has 50 valence electrons. The SMILES string of the molecule is Cc1nnn2cccnc12. The summed E-state index contributed by atoms with van der Waals surface area (Å²) in [5, 5.41) is 7.67. The molecule has 0 spiro atoms. The molecule has 2 aromatic heterocycles. The van der Waals surface area contributed by atoms with E-state index in [-0.39, 0.29) is 0 Å². The van der Waals surface area contributed by atoms with Crippen LogP contribution < -0.4 is 0 Å². The van der Waals surface area contributed by atoms with E-state index in [9.17, 15) is 0 Å². The number of rotatable bonds is 0. The van der Waals surface area contributed by atoms with Crippen molar-refractivity contribution in [1.82, 2.24) is 19.8 Å². The summed E-state index contributed by atoms with van der Waals surface area (Å²) in [6.45, 7) is 1.88. The average molecular weight is 134 g/mol. The van der Waals surface area contributed by atoms with Gasteiger partial charge in [0.1, 0.15) is 5.69 Å². The molecule has 0 aromatic carbocycles. The highest BCUT2D eigenvalue weighted by molar-refractivity contribution is 5.39. The Morgan fingerprint density at radius 3 is 3.20 bits per heavy atom. The van der Waals surface area contributed by atoms with E-state index >= 15 is 0 Å². The third-order valence-corrected chi connectivity index (χ3v) is 1.34.